The third-order valence-corrected chi connectivity index (χ3v) is 6.86. The van der Waals surface area contributed by atoms with Crippen LogP contribution >= 0.6 is 11.6 Å². The second-order valence-electron chi connectivity index (χ2n) is 9.44. The number of fused-ring (bicyclic) bond motifs is 1. The van der Waals surface area contributed by atoms with Crippen LogP contribution in [0.5, 0.6) is 0 Å². The summed E-state index contributed by atoms with van der Waals surface area (Å²) in [7, 11) is 0. The van der Waals surface area contributed by atoms with Crippen LogP contribution in [-0.2, 0) is 11.3 Å². The van der Waals surface area contributed by atoms with Crippen molar-refractivity contribution in [3.05, 3.63) is 69.4 Å². The van der Waals surface area contributed by atoms with Crippen LogP contribution < -0.4 is 10.2 Å². The number of hydrogen-bond donors (Lipinski definition) is 1. The number of aryl methyl sites for hydroxylation is 1. The summed E-state index contributed by atoms with van der Waals surface area (Å²) in [5.74, 6) is 0.0993. The zero-order valence-electron chi connectivity index (χ0n) is 19.3. The summed E-state index contributed by atoms with van der Waals surface area (Å²) in [5, 5.41) is 3.37. The Morgan fingerprint density at radius 2 is 1.88 bits per heavy atom. The number of urea groups is 1. The first-order valence-electron chi connectivity index (χ1n) is 11.1. The van der Waals surface area contributed by atoms with E-state index in [2.05, 4.69) is 57.0 Å². The molecule has 0 aliphatic carbocycles. The van der Waals surface area contributed by atoms with Crippen molar-refractivity contribution in [2.24, 2.45) is 0 Å². The maximum atomic E-state index is 13.0. The highest BCUT2D eigenvalue weighted by Crippen LogP contribution is 2.44. The summed E-state index contributed by atoms with van der Waals surface area (Å²) in [6.07, 6.45) is 2.87. The minimum absolute atomic E-state index is 0.102. The summed E-state index contributed by atoms with van der Waals surface area (Å²) in [4.78, 5) is 29.2. The topological polar surface area (TPSA) is 52.7 Å². The van der Waals surface area contributed by atoms with E-state index in [1.807, 2.05) is 12.1 Å². The van der Waals surface area contributed by atoms with Crippen molar-refractivity contribution in [2.45, 2.75) is 59.0 Å². The van der Waals surface area contributed by atoms with Gasteiger partial charge in [-0.2, -0.15) is 0 Å². The molecule has 0 aromatic heterocycles. The van der Waals surface area contributed by atoms with Gasteiger partial charge in [0, 0.05) is 22.8 Å². The molecule has 2 aliphatic heterocycles. The van der Waals surface area contributed by atoms with Gasteiger partial charge in [0.1, 0.15) is 5.70 Å². The molecule has 32 heavy (non-hydrogen) atoms. The van der Waals surface area contributed by atoms with Gasteiger partial charge < -0.3 is 10.2 Å². The lowest BCUT2D eigenvalue weighted by atomic mass is 9.79. The molecule has 0 saturated carbocycles. The van der Waals surface area contributed by atoms with Gasteiger partial charge in [-0.1, -0.05) is 30.7 Å². The molecule has 1 saturated heterocycles. The van der Waals surface area contributed by atoms with Crippen molar-refractivity contribution < 1.29 is 9.59 Å². The lowest BCUT2D eigenvalue weighted by Crippen LogP contribution is -2.48. The molecule has 168 valence electrons. The third kappa shape index (κ3) is 4.02. The molecule has 1 fully saturated rings. The monoisotopic (exact) mass is 451 g/mol. The Bertz CT molecular complexity index is 1100. The molecule has 6 heteroatoms. The average Bonchev–Trinajstić information content (AvgIpc) is 2.98. The number of nitrogens with one attached hydrogen (secondary N) is 1. The van der Waals surface area contributed by atoms with E-state index in [0.717, 1.165) is 29.7 Å². The van der Waals surface area contributed by atoms with Crippen LogP contribution in [0.1, 0.15) is 62.3 Å². The third-order valence-electron chi connectivity index (χ3n) is 6.61. The summed E-state index contributed by atoms with van der Waals surface area (Å²) in [5.41, 5.74) is 5.86. The lowest BCUT2D eigenvalue weighted by Gasteiger charge is -2.47. The van der Waals surface area contributed by atoms with Crippen LogP contribution in [0.15, 0.2) is 42.1 Å². The smallest absolute Gasteiger partial charge is 0.329 e. The van der Waals surface area contributed by atoms with E-state index in [-0.39, 0.29) is 18.0 Å². The second-order valence-corrected chi connectivity index (χ2v) is 9.87. The summed E-state index contributed by atoms with van der Waals surface area (Å²) in [6.45, 7) is 12.2. The van der Waals surface area contributed by atoms with Crippen LogP contribution in [0, 0.1) is 6.92 Å². The molecule has 0 spiro atoms. The van der Waals surface area contributed by atoms with E-state index in [0.29, 0.717) is 16.6 Å². The molecular weight excluding hydrogens is 422 g/mol. The number of anilines is 1. The largest absolute Gasteiger partial charge is 0.366 e. The highest BCUT2D eigenvalue weighted by molar-refractivity contribution is 6.30. The Labute approximate surface area is 195 Å². The van der Waals surface area contributed by atoms with E-state index in [4.69, 9.17) is 11.6 Å². The van der Waals surface area contributed by atoms with Gasteiger partial charge in [0.25, 0.3) is 5.91 Å². The van der Waals surface area contributed by atoms with E-state index in [9.17, 15) is 9.59 Å². The molecule has 0 bridgehead atoms. The zero-order chi connectivity index (χ0) is 23.2. The molecule has 1 N–H and O–H groups in total. The number of carbonyl (C=O) groups is 2. The van der Waals surface area contributed by atoms with Gasteiger partial charge in [0.15, 0.2) is 0 Å². The van der Waals surface area contributed by atoms with E-state index >= 15 is 0 Å². The molecule has 2 aromatic carbocycles. The highest BCUT2D eigenvalue weighted by Gasteiger charge is 2.36. The molecule has 5 nitrogen and oxygen atoms in total. The van der Waals surface area contributed by atoms with Gasteiger partial charge in [0.05, 0.1) is 6.54 Å². The standard InChI is InChI=1S/C26H30ClN3O2/c1-6-30-23-11-16(2)19(12-21(23)17(3)14-26(30,4)5)13-22-24(31)29(25(32)28-22)15-18-7-9-20(27)10-8-18/h7-13,17H,6,14-15H2,1-5H3,(H,28,32)/b22-13-/t17-/m0/s1. The minimum atomic E-state index is -0.404. The number of benzene rings is 2. The SMILES string of the molecule is CCN1c2cc(C)c(/C=C3\NC(=O)N(Cc4ccc(Cl)cc4)C3=O)cc2[C@@H](C)CC1(C)C. The number of imide groups is 1. The molecule has 2 heterocycles. The molecule has 2 aliphatic rings. The van der Waals surface area contributed by atoms with Gasteiger partial charge >= 0.3 is 6.03 Å². The van der Waals surface area contributed by atoms with Gasteiger partial charge in [-0.15, -0.1) is 0 Å². The Morgan fingerprint density at radius 1 is 1.19 bits per heavy atom. The first-order chi connectivity index (χ1) is 15.1. The van der Waals surface area contributed by atoms with Crippen molar-refractivity contribution in [3.8, 4) is 0 Å². The first kappa shape index (κ1) is 22.4. The van der Waals surface area contributed by atoms with Gasteiger partial charge in [-0.3, -0.25) is 9.69 Å². The van der Waals surface area contributed by atoms with Gasteiger partial charge in [-0.05, 0) is 92.6 Å². The quantitative estimate of drug-likeness (QED) is 0.468. The Hall–Kier alpha value is -2.79. The molecule has 2 aromatic rings. The van der Waals surface area contributed by atoms with Gasteiger partial charge in [0.2, 0.25) is 0 Å². The zero-order valence-corrected chi connectivity index (χ0v) is 20.1. The van der Waals surface area contributed by atoms with Crippen LogP contribution in [0.3, 0.4) is 0 Å². The van der Waals surface area contributed by atoms with Crippen molar-refractivity contribution in [2.75, 3.05) is 11.4 Å². The molecule has 0 radical (unpaired) electrons. The minimum Gasteiger partial charge on any atom is -0.366 e. The Kier molecular flexibility index (Phi) is 5.80. The second kappa shape index (κ2) is 8.28. The highest BCUT2D eigenvalue weighted by atomic mass is 35.5. The Balaban J connectivity index is 1.64. The van der Waals surface area contributed by atoms with E-state index in [1.165, 1.54) is 16.2 Å². The number of halogens is 1. The predicted molar refractivity (Wildman–Crippen MR) is 130 cm³/mol. The van der Waals surface area contributed by atoms with Crippen molar-refractivity contribution in [1.29, 1.82) is 0 Å². The fraction of sp³-hybridized carbons (Fsp3) is 0.385. The van der Waals surface area contributed by atoms with Crippen molar-refractivity contribution >= 4 is 35.3 Å². The summed E-state index contributed by atoms with van der Waals surface area (Å²) in [6, 6.07) is 11.1. The fourth-order valence-corrected chi connectivity index (χ4v) is 5.17. The summed E-state index contributed by atoms with van der Waals surface area (Å²) >= 11 is 5.94. The Morgan fingerprint density at radius 3 is 2.53 bits per heavy atom. The predicted octanol–water partition coefficient (Wildman–Crippen LogP) is 5.85. The molecule has 4 rings (SSSR count). The number of nitrogens with zero attached hydrogens (tertiary/aromatic N) is 2. The lowest BCUT2D eigenvalue weighted by molar-refractivity contribution is -0.123. The average molecular weight is 452 g/mol. The molecular formula is C26H30ClN3O2. The van der Waals surface area contributed by atoms with E-state index < -0.39 is 6.03 Å². The van der Waals surface area contributed by atoms with Crippen LogP contribution in [0.4, 0.5) is 10.5 Å². The number of amides is 3. The fourth-order valence-electron chi connectivity index (χ4n) is 5.05. The maximum Gasteiger partial charge on any atom is 0.329 e. The van der Waals surface area contributed by atoms with E-state index in [1.54, 1.807) is 18.2 Å². The van der Waals surface area contributed by atoms with Crippen LogP contribution in [0.2, 0.25) is 5.02 Å². The normalized spacial score (nSPS) is 21.2. The van der Waals surface area contributed by atoms with Crippen molar-refractivity contribution in [3.63, 3.8) is 0 Å². The van der Waals surface area contributed by atoms with Crippen LogP contribution in [-0.4, -0.2) is 28.9 Å². The number of carbonyl (C=O) groups excluding carboxylic acids is 2. The number of rotatable bonds is 4. The molecule has 1 atom stereocenters. The van der Waals surface area contributed by atoms with Crippen LogP contribution in [0.25, 0.3) is 6.08 Å². The number of hydrogen-bond acceptors (Lipinski definition) is 3. The van der Waals surface area contributed by atoms with Gasteiger partial charge in [-0.25, -0.2) is 4.79 Å². The molecule has 0 unspecified atom stereocenters. The first-order valence-corrected chi connectivity index (χ1v) is 11.5. The summed E-state index contributed by atoms with van der Waals surface area (Å²) < 4.78 is 0. The maximum absolute atomic E-state index is 13.0. The molecule has 3 amide bonds. The van der Waals surface area contributed by atoms with Crippen molar-refractivity contribution in [1.82, 2.24) is 10.2 Å².